The van der Waals surface area contributed by atoms with Crippen LogP contribution in [0.1, 0.15) is 29.7 Å². The maximum absolute atomic E-state index is 13.5. The molecule has 0 N–H and O–H groups in total. The number of carbonyl (C=O) groups excluding carboxylic acids is 1. The van der Waals surface area contributed by atoms with Crippen LogP contribution in [0.4, 0.5) is 10.5 Å². The number of para-hydroxylation sites is 1. The second-order valence-electron chi connectivity index (χ2n) is 9.86. The van der Waals surface area contributed by atoms with Crippen LogP contribution in [0.25, 0.3) is 0 Å². The lowest BCUT2D eigenvalue weighted by molar-refractivity contribution is -0.946. The van der Waals surface area contributed by atoms with Crippen molar-refractivity contribution in [1.82, 2.24) is 0 Å². The number of aryl methyl sites for hydroxylation is 1. The summed E-state index contributed by atoms with van der Waals surface area (Å²) < 4.78 is 7.40. The van der Waals surface area contributed by atoms with E-state index in [4.69, 9.17) is 4.74 Å². The molecular formula is C29H35N2O2S+. The van der Waals surface area contributed by atoms with Crippen LogP contribution in [0.2, 0.25) is 0 Å². The van der Waals surface area contributed by atoms with Crippen LogP contribution in [0.5, 0.6) is 0 Å². The molecule has 0 aliphatic carbocycles. The highest BCUT2D eigenvalue weighted by molar-refractivity contribution is 7.09. The molecule has 3 aromatic rings. The summed E-state index contributed by atoms with van der Waals surface area (Å²) in [5.41, 5.74) is 2.14. The second-order valence-corrected chi connectivity index (χ2v) is 10.9. The summed E-state index contributed by atoms with van der Waals surface area (Å²) in [4.78, 5) is 16.8. The molecule has 1 aromatic heterocycles. The Hall–Kier alpha value is -2.63. The van der Waals surface area contributed by atoms with Crippen molar-refractivity contribution in [3.05, 3.63) is 88.6 Å². The highest BCUT2D eigenvalue weighted by Crippen LogP contribution is 2.36. The number of carbonyl (C=O) groups is 1. The van der Waals surface area contributed by atoms with Crippen molar-refractivity contribution < 1.29 is 14.0 Å². The van der Waals surface area contributed by atoms with E-state index in [0.29, 0.717) is 12.5 Å². The Labute approximate surface area is 207 Å². The van der Waals surface area contributed by atoms with Crippen LogP contribution in [0.15, 0.2) is 78.2 Å². The van der Waals surface area contributed by atoms with E-state index in [1.165, 1.54) is 49.3 Å². The van der Waals surface area contributed by atoms with Gasteiger partial charge < -0.3 is 9.22 Å². The molecule has 178 valence electrons. The van der Waals surface area contributed by atoms with E-state index in [1.54, 1.807) is 0 Å². The first-order chi connectivity index (χ1) is 16.7. The van der Waals surface area contributed by atoms with Crippen LogP contribution in [-0.2, 0) is 17.6 Å². The van der Waals surface area contributed by atoms with Crippen molar-refractivity contribution >= 4 is 23.1 Å². The molecule has 2 bridgehead atoms. The molecule has 0 saturated carbocycles. The van der Waals surface area contributed by atoms with Gasteiger partial charge in [0.05, 0.1) is 19.6 Å². The summed E-state index contributed by atoms with van der Waals surface area (Å²) in [5, 5.41) is 2.17. The minimum atomic E-state index is -0.197. The Bertz CT molecular complexity index is 1030. The highest BCUT2D eigenvalue weighted by atomic mass is 32.1. The van der Waals surface area contributed by atoms with Gasteiger partial charge in [-0.2, -0.15) is 0 Å². The Morgan fingerprint density at radius 2 is 1.68 bits per heavy atom. The summed E-state index contributed by atoms with van der Waals surface area (Å²) in [6, 6.07) is 24.7. The highest BCUT2D eigenvalue weighted by Gasteiger charge is 2.47. The molecule has 3 fully saturated rings. The average Bonchev–Trinajstić information content (AvgIpc) is 3.40. The number of fused-ring (bicyclic) bond motifs is 3. The summed E-state index contributed by atoms with van der Waals surface area (Å²) in [6.07, 6.45) is 5.35. The molecule has 34 heavy (non-hydrogen) atoms. The molecule has 1 amide bonds. The van der Waals surface area contributed by atoms with E-state index in [0.717, 1.165) is 29.6 Å². The first kappa shape index (κ1) is 23.1. The third-order valence-electron chi connectivity index (χ3n) is 7.68. The lowest BCUT2D eigenvalue weighted by Crippen LogP contribution is -2.65. The van der Waals surface area contributed by atoms with Crippen molar-refractivity contribution in [1.29, 1.82) is 0 Å². The zero-order valence-corrected chi connectivity index (χ0v) is 20.7. The monoisotopic (exact) mass is 475 g/mol. The van der Waals surface area contributed by atoms with Crippen LogP contribution >= 0.6 is 11.3 Å². The van der Waals surface area contributed by atoms with Gasteiger partial charge in [0.1, 0.15) is 6.54 Å². The number of thiophene rings is 1. The number of anilines is 1. The molecule has 6 rings (SSSR count). The van der Waals surface area contributed by atoms with E-state index in [9.17, 15) is 4.79 Å². The average molecular weight is 476 g/mol. The van der Waals surface area contributed by atoms with Gasteiger partial charge in [0.2, 0.25) is 0 Å². The molecule has 3 aliphatic rings. The molecule has 0 radical (unpaired) electrons. The van der Waals surface area contributed by atoms with Gasteiger partial charge >= 0.3 is 6.09 Å². The zero-order chi connectivity index (χ0) is 23.2. The normalized spacial score (nSPS) is 23.5. The number of piperidine rings is 3. The van der Waals surface area contributed by atoms with Crippen molar-refractivity contribution in [2.24, 2.45) is 5.92 Å². The molecule has 4 nitrogen and oxygen atoms in total. The number of amides is 1. The molecule has 0 spiro atoms. The molecule has 0 unspecified atom stereocenters. The number of quaternary nitrogens is 1. The van der Waals surface area contributed by atoms with E-state index in [1.807, 2.05) is 52.6 Å². The lowest BCUT2D eigenvalue weighted by Gasteiger charge is -2.52. The molecule has 5 heteroatoms. The first-order valence-electron chi connectivity index (χ1n) is 12.7. The third kappa shape index (κ3) is 5.53. The molecule has 1 atom stereocenters. The smallest absolute Gasteiger partial charge is 0.414 e. The van der Waals surface area contributed by atoms with Crippen molar-refractivity contribution in [2.45, 2.75) is 38.2 Å². The Morgan fingerprint density at radius 3 is 2.38 bits per heavy atom. The summed E-state index contributed by atoms with van der Waals surface area (Å²) in [5.74, 6) is 0.507. The largest absolute Gasteiger partial charge is 0.440 e. The summed E-state index contributed by atoms with van der Waals surface area (Å²) in [7, 11) is 0. The van der Waals surface area contributed by atoms with Gasteiger partial charge in [-0.25, -0.2) is 4.79 Å². The fourth-order valence-electron chi connectivity index (χ4n) is 5.73. The predicted octanol–water partition coefficient (Wildman–Crippen LogP) is 6.18. The standard InChI is InChI=1S/C29H35N2O2S/c32-29(30(26-11-5-2-6-12-26)18-15-24-9-3-1-4-10-24)33-28-23-31(20-16-25(28)17-21-31)19-7-13-27-14-8-22-34-27/h1-6,8-12,14,22,25,28H,7,13,15-21,23H2/q+1/t25?,28-,31?/m0/s1. The lowest BCUT2D eigenvalue weighted by atomic mass is 9.83. The number of benzene rings is 2. The van der Waals surface area contributed by atoms with Crippen molar-refractivity contribution in [2.75, 3.05) is 37.6 Å². The maximum Gasteiger partial charge on any atom is 0.414 e. The Morgan fingerprint density at radius 1 is 0.941 bits per heavy atom. The SMILES string of the molecule is O=C(O[C@H]1C[N+]2(CCCc3cccs3)CCC1CC2)N(CCc1ccccc1)c1ccccc1. The molecule has 3 aliphatic heterocycles. The molecule has 4 heterocycles. The molecule has 3 saturated heterocycles. The van der Waals surface area contributed by atoms with E-state index in [2.05, 4.69) is 41.8 Å². The summed E-state index contributed by atoms with van der Waals surface area (Å²) in [6.45, 7) is 5.25. The van der Waals surface area contributed by atoms with Crippen molar-refractivity contribution in [3.63, 3.8) is 0 Å². The fraction of sp³-hybridized carbons (Fsp3) is 0.414. The molecular weight excluding hydrogens is 440 g/mol. The number of hydrogen-bond donors (Lipinski definition) is 0. The van der Waals surface area contributed by atoms with Gasteiger partial charge in [-0.05, 0) is 42.0 Å². The zero-order valence-electron chi connectivity index (χ0n) is 19.9. The number of nitrogens with zero attached hydrogens (tertiary/aromatic N) is 2. The minimum absolute atomic E-state index is 0.0275. The molecule has 2 aromatic carbocycles. The van der Waals surface area contributed by atoms with E-state index >= 15 is 0 Å². The first-order valence-corrected chi connectivity index (χ1v) is 13.5. The maximum atomic E-state index is 13.5. The Balaban J connectivity index is 1.23. The number of hydrogen-bond acceptors (Lipinski definition) is 3. The van der Waals surface area contributed by atoms with Gasteiger partial charge in [0.25, 0.3) is 0 Å². The number of rotatable bonds is 9. The minimum Gasteiger partial charge on any atom is -0.440 e. The topological polar surface area (TPSA) is 29.5 Å². The predicted molar refractivity (Wildman–Crippen MR) is 139 cm³/mol. The summed E-state index contributed by atoms with van der Waals surface area (Å²) >= 11 is 1.86. The third-order valence-corrected chi connectivity index (χ3v) is 8.62. The van der Waals surface area contributed by atoms with Gasteiger partial charge in [0, 0.05) is 42.3 Å². The van der Waals surface area contributed by atoms with Crippen LogP contribution in [-0.4, -0.2) is 49.4 Å². The second kappa shape index (κ2) is 10.7. The van der Waals surface area contributed by atoms with Crippen molar-refractivity contribution in [3.8, 4) is 0 Å². The number of ether oxygens (including phenoxy) is 1. The van der Waals surface area contributed by atoms with Crippen LogP contribution in [0, 0.1) is 5.92 Å². The van der Waals surface area contributed by atoms with Crippen LogP contribution in [0.3, 0.4) is 0 Å². The Kier molecular flexibility index (Phi) is 7.31. The fourth-order valence-corrected chi connectivity index (χ4v) is 6.48. The van der Waals surface area contributed by atoms with Gasteiger partial charge in [-0.3, -0.25) is 4.90 Å². The quantitative estimate of drug-likeness (QED) is 0.346. The van der Waals surface area contributed by atoms with Gasteiger partial charge in [-0.15, -0.1) is 11.3 Å². The van der Waals surface area contributed by atoms with Gasteiger partial charge in [-0.1, -0.05) is 54.6 Å². The van der Waals surface area contributed by atoms with E-state index < -0.39 is 0 Å². The van der Waals surface area contributed by atoms with Crippen LogP contribution < -0.4 is 4.90 Å². The van der Waals surface area contributed by atoms with E-state index in [-0.39, 0.29) is 12.2 Å². The van der Waals surface area contributed by atoms with Gasteiger partial charge in [0.15, 0.2) is 6.10 Å².